The molecule has 3 heteroatoms. The number of rotatable bonds is 2. The highest BCUT2D eigenvalue weighted by Gasteiger charge is 2.31. The number of hydrogen-bond acceptors (Lipinski definition) is 2. The molecular formula is C15H23BrN2. The van der Waals surface area contributed by atoms with E-state index >= 15 is 0 Å². The van der Waals surface area contributed by atoms with E-state index in [1.54, 1.807) is 0 Å². The Morgan fingerprint density at radius 1 is 1.28 bits per heavy atom. The van der Waals surface area contributed by atoms with E-state index in [2.05, 4.69) is 71.7 Å². The molecule has 1 aromatic rings. The second-order valence-corrected chi connectivity index (χ2v) is 6.48. The van der Waals surface area contributed by atoms with Gasteiger partial charge in [0.05, 0.1) is 0 Å². The lowest BCUT2D eigenvalue weighted by atomic mass is 9.98. The number of hydrogen-bond donors (Lipinski definition) is 0. The number of piperazine rings is 1. The Labute approximate surface area is 119 Å². The second kappa shape index (κ2) is 5.22. The minimum Gasteiger partial charge on any atom is -0.368 e. The Bertz CT molecular complexity index is 429. The van der Waals surface area contributed by atoms with Crippen LogP contribution in [0.3, 0.4) is 0 Å². The van der Waals surface area contributed by atoms with Crippen molar-refractivity contribution in [3.05, 3.63) is 29.3 Å². The molecule has 1 aliphatic heterocycles. The molecule has 1 aromatic carbocycles. The van der Waals surface area contributed by atoms with E-state index in [1.807, 2.05) is 0 Å². The van der Waals surface area contributed by atoms with Crippen LogP contribution in [-0.2, 0) is 5.33 Å². The number of benzene rings is 1. The summed E-state index contributed by atoms with van der Waals surface area (Å²) in [4.78, 5) is 4.97. The summed E-state index contributed by atoms with van der Waals surface area (Å²) in [6.45, 7) is 10.1. The van der Waals surface area contributed by atoms with Gasteiger partial charge < -0.3 is 4.90 Å². The third kappa shape index (κ3) is 2.72. The molecule has 100 valence electrons. The van der Waals surface area contributed by atoms with Gasteiger partial charge in [-0.3, -0.25) is 4.90 Å². The molecule has 0 unspecified atom stereocenters. The Morgan fingerprint density at radius 2 is 2.00 bits per heavy atom. The fourth-order valence-electron chi connectivity index (χ4n) is 2.58. The van der Waals surface area contributed by atoms with Crippen molar-refractivity contribution in [2.45, 2.75) is 31.6 Å². The molecule has 1 fully saturated rings. The smallest absolute Gasteiger partial charge is 0.0408 e. The van der Waals surface area contributed by atoms with Crippen molar-refractivity contribution >= 4 is 21.6 Å². The SMILES string of the molecule is Cc1ccc(N2CCN(C)C(C)(C)C2)c(CBr)c1. The molecule has 0 aliphatic carbocycles. The quantitative estimate of drug-likeness (QED) is 0.772. The van der Waals surface area contributed by atoms with E-state index in [0.717, 1.165) is 25.0 Å². The highest BCUT2D eigenvalue weighted by Crippen LogP contribution is 2.29. The van der Waals surface area contributed by atoms with Crippen LogP contribution < -0.4 is 4.90 Å². The van der Waals surface area contributed by atoms with Gasteiger partial charge in [-0.25, -0.2) is 0 Å². The fourth-order valence-corrected chi connectivity index (χ4v) is 3.02. The molecule has 1 heterocycles. The van der Waals surface area contributed by atoms with Gasteiger partial charge in [0.1, 0.15) is 0 Å². The molecular weight excluding hydrogens is 288 g/mol. The zero-order valence-electron chi connectivity index (χ0n) is 11.8. The molecule has 2 nitrogen and oxygen atoms in total. The molecule has 0 spiro atoms. The van der Waals surface area contributed by atoms with Gasteiger partial charge in [-0.1, -0.05) is 33.6 Å². The zero-order valence-corrected chi connectivity index (χ0v) is 13.4. The molecule has 1 saturated heterocycles. The molecule has 1 aliphatic rings. The maximum Gasteiger partial charge on any atom is 0.0408 e. The first kappa shape index (κ1) is 13.9. The maximum atomic E-state index is 3.61. The summed E-state index contributed by atoms with van der Waals surface area (Å²) in [6.07, 6.45) is 0. The monoisotopic (exact) mass is 310 g/mol. The lowest BCUT2D eigenvalue weighted by molar-refractivity contribution is 0.139. The van der Waals surface area contributed by atoms with Crippen LogP contribution in [0.25, 0.3) is 0 Å². The Balaban J connectivity index is 2.27. The Kier molecular flexibility index (Phi) is 4.02. The van der Waals surface area contributed by atoms with E-state index in [4.69, 9.17) is 0 Å². The van der Waals surface area contributed by atoms with Gasteiger partial charge in [-0.05, 0) is 39.4 Å². The summed E-state index contributed by atoms with van der Waals surface area (Å²) >= 11 is 3.61. The van der Waals surface area contributed by atoms with Crippen LogP contribution in [0.2, 0.25) is 0 Å². The number of aryl methyl sites for hydroxylation is 1. The predicted molar refractivity (Wildman–Crippen MR) is 82.7 cm³/mol. The summed E-state index contributed by atoms with van der Waals surface area (Å²) in [5, 5.41) is 0.927. The van der Waals surface area contributed by atoms with Crippen molar-refractivity contribution in [3.8, 4) is 0 Å². The molecule has 0 saturated carbocycles. The van der Waals surface area contributed by atoms with E-state index in [9.17, 15) is 0 Å². The zero-order chi connectivity index (χ0) is 13.3. The van der Waals surface area contributed by atoms with Crippen LogP contribution in [0.1, 0.15) is 25.0 Å². The Morgan fingerprint density at radius 3 is 2.61 bits per heavy atom. The van der Waals surface area contributed by atoms with E-state index in [0.29, 0.717) is 0 Å². The predicted octanol–water partition coefficient (Wildman–Crippen LogP) is 3.42. The van der Waals surface area contributed by atoms with Gasteiger partial charge in [-0.15, -0.1) is 0 Å². The van der Waals surface area contributed by atoms with E-state index in [-0.39, 0.29) is 5.54 Å². The molecule has 0 aromatic heterocycles. The van der Waals surface area contributed by atoms with E-state index in [1.165, 1.54) is 16.8 Å². The van der Waals surface area contributed by atoms with Crippen LogP contribution in [0.4, 0.5) is 5.69 Å². The number of alkyl halides is 1. The molecule has 0 amide bonds. The van der Waals surface area contributed by atoms with Crippen LogP contribution in [-0.4, -0.2) is 37.1 Å². The number of likely N-dealkylation sites (N-methyl/N-ethyl adjacent to an activating group) is 1. The van der Waals surface area contributed by atoms with Crippen molar-refractivity contribution in [2.75, 3.05) is 31.6 Å². The first-order valence-electron chi connectivity index (χ1n) is 6.56. The minimum absolute atomic E-state index is 0.243. The van der Waals surface area contributed by atoms with Crippen molar-refractivity contribution in [3.63, 3.8) is 0 Å². The van der Waals surface area contributed by atoms with Gasteiger partial charge in [0.2, 0.25) is 0 Å². The molecule has 0 N–H and O–H groups in total. The maximum absolute atomic E-state index is 3.61. The number of anilines is 1. The topological polar surface area (TPSA) is 6.48 Å². The molecule has 18 heavy (non-hydrogen) atoms. The largest absolute Gasteiger partial charge is 0.368 e. The number of nitrogens with zero attached hydrogens (tertiary/aromatic N) is 2. The normalized spacial score (nSPS) is 20.2. The van der Waals surface area contributed by atoms with Gasteiger partial charge in [-0.2, -0.15) is 0 Å². The van der Waals surface area contributed by atoms with Crippen molar-refractivity contribution in [1.29, 1.82) is 0 Å². The minimum atomic E-state index is 0.243. The summed E-state index contributed by atoms with van der Waals surface area (Å²) in [5.41, 5.74) is 4.36. The summed E-state index contributed by atoms with van der Waals surface area (Å²) < 4.78 is 0. The molecule has 0 bridgehead atoms. The Hall–Kier alpha value is -0.540. The average molecular weight is 311 g/mol. The van der Waals surface area contributed by atoms with Crippen LogP contribution in [0, 0.1) is 6.92 Å². The van der Waals surface area contributed by atoms with Crippen molar-refractivity contribution < 1.29 is 0 Å². The third-order valence-corrected chi connectivity index (χ3v) is 4.64. The van der Waals surface area contributed by atoms with Crippen LogP contribution in [0.5, 0.6) is 0 Å². The fraction of sp³-hybridized carbons (Fsp3) is 0.600. The van der Waals surface area contributed by atoms with Crippen LogP contribution in [0.15, 0.2) is 18.2 Å². The molecule has 0 radical (unpaired) electrons. The third-order valence-electron chi connectivity index (χ3n) is 4.04. The van der Waals surface area contributed by atoms with E-state index < -0.39 is 0 Å². The lowest BCUT2D eigenvalue weighted by Gasteiger charge is -2.46. The van der Waals surface area contributed by atoms with Crippen LogP contribution >= 0.6 is 15.9 Å². The van der Waals surface area contributed by atoms with Gasteiger partial charge in [0.25, 0.3) is 0 Å². The summed E-state index contributed by atoms with van der Waals surface area (Å²) in [5.74, 6) is 0. The average Bonchev–Trinajstić information content (AvgIpc) is 2.32. The van der Waals surface area contributed by atoms with Gasteiger partial charge in [0.15, 0.2) is 0 Å². The van der Waals surface area contributed by atoms with Gasteiger partial charge in [0, 0.05) is 36.2 Å². The standard InChI is InChI=1S/C15H23BrN2/c1-12-5-6-14(13(9-12)10-16)18-8-7-17(4)15(2,3)11-18/h5-6,9H,7-8,10-11H2,1-4H3. The summed E-state index contributed by atoms with van der Waals surface area (Å²) in [6, 6.07) is 6.77. The first-order chi connectivity index (χ1) is 8.44. The summed E-state index contributed by atoms with van der Waals surface area (Å²) in [7, 11) is 2.22. The lowest BCUT2D eigenvalue weighted by Crippen LogP contribution is -2.57. The number of halogens is 1. The molecule has 0 atom stereocenters. The molecule has 2 rings (SSSR count). The first-order valence-corrected chi connectivity index (χ1v) is 7.68. The highest BCUT2D eigenvalue weighted by molar-refractivity contribution is 9.08. The van der Waals surface area contributed by atoms with Crippen molar-refractivity contribution in [1.82, 2.24) is 4.90 Å². The second-order valence-electron chi connectivity index (χ2n) is 5.92. The van der Waals surface area contributed by atoms with Crippen molar-refractivity contribution in [2.24, 2.45) is 0 Å². The van der Waals surface area contributed by atoms with Gasteiger partial charge >= 0.3 is 0 Å². The highest BCUT2D eigenvalue weighted by atomic mass is 79.9.